The van der Waals surface area contributed by atoms with Crippen molar-refractivity contribution in [3.8, 4) is 11.3 Å². The summed E-state index contributed by atoms with van der Waals surface area (Å²) < 4.78 is 2.07. The zero-order valence-electron chi connectivity index (χ0n) is 16.8. The Hall–Kier alpha value is -2.63. The van der Waals surface area contributed by atoms with Crippen molar-refractivity contribution in [2.75, 3.05) is 0 Å². The minimum absolute atomic E-state index is 0.0646. The van der Waals surface area contributed by atoms with E-state index in [1.54, 1.807) is 11.3 Å². The van der Waals surface area contributed by atoms with Gasteiger partial charge in [0.25, 0.3) is 0 Å². The summed E-state index contributed by atoms with van der Waals surface area (Å²) in [5, 5.41) is 5.97. The number of pyridine rings is 1. The van der Waals surface area contributed by atoms with E-state index in [1.165, 1.54) is 4.88 Å². The van der Waals surface area contributed by atoms with E-state index in [9.17, 15) is 4.79 Å². The molecule has 0 bridgehead atoms. The van der Waals surface area contributed by atoms with Gasteiger partial charge in [-0.15, -0.1) is 11.3 Å². The SMILES string of the molecule is CCCC(NC(=O)CCc1c(-c2ccc(Cl)cc2)nc2ccccn12)c1cccs1. The van der Waals surface area contributed by atoms with Crippen LogP contribution in [0.5, 0.6) is 0 Å². The molecule has 0 saturated carbocycles. The molecule has 6 heteroatoms. The summed E-state index contributed by atoms with van der Waals surface area (Å²) >= 11 is 7.75. The lowest BCUT2D eigenvalue weighted by molar-refractivity contribution is -0.121. The van der Waals surface area contributed by atoms with E-state index in [4.69, 9.17) is 16.6 Å². The van der Waals surface area contributed by atoms with Crippen LogP contribution < -0.4 is 5.32 Å². The molecule has 1 atom stereocenters. The normalized spacial score (nSPS) is 12.2. The highest BCUT2D eigenvalue weighted by molar-refractivity contribution is 7.10. The second-order valence-corrected chi connectivity index (χ2v) is 8.68. The molecule has 30 heavy (non-hydrogen) atoms. The number of fused-ring (bicyclic) bond motifs is 1. The minimum atomic E-state index is 0.0646. The maximum atomic E-state index is 12.8. The quantitative estimate of drug-likeness (QED) is 0.351. The van der Waals surface area contributed by atoms with Crippen molar-refractivity contribution in [1.82, 2.24) is 14.7 Å². The number of imidazole rings is 1. The highest BCUT2D eigenvalue weighted by Crippen LogP contribution is 2.27. The Morgan fingerprint density at radius 1 is 1.17 bits per heavy atom. The molecular weight excluding hydrogens is 414 g/mol. The second kappa shape index (κ2) is 9.45. The van der Waals surface area contributed by atoms with Gasteiger partial charge in [0.15, 0.2) is 0 Å². The average molecular weight is 438 g/mol. The molecule has 1 aromatic carbocycles. The maximum absolute atomic E-state index is 12.8. The summed E-state index contributed by atoms with van der Waals surface area (Å²) in [5.41, 5.74) is 3.81. The molecule has 0 aliphatic rings. The number of aromatic nitrogens is 2. The van der Waals surface area contributed by atoms with Crippen molar-refractivity contribution in [1.29, 1.82) is 0 Å². The first-order valence-electron chi connectivity index (χ1n) is 10.2. The molecule has 0 spiro atoms. The van der Waals surface area contributed by atoms with Crippen LogP contribution in [-0.2, 0) is 11.2 Å². The van der Waals surface area contributed by atoms with Crippen molar-refractivity contribution in [2.24, 2.45) is 0 Å². The fraction of sp³-hybridized carbons (Fsp3) is 0.250. The zero-order valence-corrected chi connectivity index (χ0v) is 18.4. The van der Waals surface area contributed by atoms with Crippen molar-refractivity contribution in [3.05, 3.63) is 81.8 Å². The highest BCUT2D eigenvalue weighted by Gasteiger charge is 2.18. The third-order valence-corrected chi connectivity index (χ3v) is 6.37. The average Bonchev–Trinajstić information content (AvgIpc) is 3.41. The number of carbonyl (C=O) groups excluding carboxylic acids is 1. The van der Waals surface area contributed by atoms with Crippen LogP contribution in [0.3, 0.4) is 0 Å². The Morgan fingerprint density at radius 2 is 2.00 bits per heavy atom. The molecule has 1 N–H and O–H groups in total. The summed E-state index contributed by atoms with van der Waals surface area (Å²) in [6.45, 7) is 2.14. The van der Waals surface area contributed by atoms with Gasteiger partial charge < -0.3 is 9.72 Å². The monoisotopic (exact) mass is 437 g/mol. The zero-order chi connectivity index (χ0) is 20.9. The van der Waals surface area contributed by atoms with Crippen molar-refractivity contribution >= 4 is 34.5 Å². The molecule has 4 rings (SSSR count). The van der Waals surface area contributed by atoms with Crippen LogP contribution in [-0.4, -0.2) is 15.3 Å². The number of rotatable bonds is 8. The summed E-state index contributed by atoms with van der Waals surface area (Å²) in [5.74, 6) is 0.0646. The summed E-state index contributed by atoms with van der Waals surface area (Å²) in [4.78, 5) is 18.8. The van der Waals surface area contributed by atoms with Crippen molar-refractivity contribution < 1.29 is 4.79 Å². The number of carbonyl (C=O) groups is 1. The molecule has 0 radical (unpaired) electrons. The van der Waals surface area contributed by atoms with Gasteiger partial charge in [0.1, 0.15) is 5.65 Å². The van der Waals surface area contributed by atoms with E-state index in [0.29, 0.717) is 17.9 Å². The molecule has 0 saturated heterocycles. The van der Waals surface area contributed by atoms with E-state index in [-0.39, 0.29) is 11.9 Å². The molecule has 1 amide bonds. The molecule has 0 aliphatic heterocycles. The van der Waals surface area contributed by atoms with Gasteiger partial charge in [0, 0.05) is 28.1 Å². The summed E-state index contributed by atoms with van der Waals surface area (Å²) in [6, 6.07) is 17.8. The van der Waals surface area contributed by atoms with Gasteiger partial charge in [0.05, 0.1) is 17.4 Å². The molecule has 0 fully saturated rings. The lowest BCUT2D eigenvalue weighted by Crippen LogP contribution is -2.28. The van der Waals surface area contributed by atoms with Gasteiger partial charge in [-0.1, -0.05) is 49.2 Å². The Balaban J connectivity index is 1.55. The third-order valence-electron chi connectivity index (χ3n) is 5.13. The van der Waals surface area contributed by atoms with Crippen LogP contribution in [0.4, 0.5) is 0 Å². The number of thiophene rings is 1. The number of amides is 1. The minimum Gasteiger partial charge on any atom is -0.348 e. The standard InChI is InChI=1S/C24H24ClN3OS/c1-2-6-19(21-7-5-16-30-21)26-23(29)14-13-20-24(17-9-11-18(25)12-10-17)27-22-8-3-4-15-28(20)22/h3-5,7-12,15-16,19H,2,6,13-14H2,1H3,(H,26,29). The topological polar surface area (TPSA) is 46.4 Å². The fourth-order valence-electron chi connectivity index (χ4n) is 3.69. The van der Waals surface area contributed by atoms with Gasteiger partial charge in [0.2, 0.25) is 5.91 Å². The lowest BCUT2D eigenvalue weighted by Gasteiger charge is -2.17. The number of benzene rings is 1. The predicted octanol–water partition coefficient (Wildman–Crippen LogP) is 6.31. The van der Waals surface area contributed by atoms with Crippen LogP contribution >= 0.6 is 22.9 Å². The molecular formula is C24H24ClN3OS. The van der Waals surface area contributed by atoms with Crippen molar-refractivity contribution in [3.63, 3.8) is 0 Å². The Labute approximate surface area is 185 Å². The van der Waals surface area contributed by atoms with Crippen LogP contribution in [0, 0.1) is 0 Å². The van der Waals surface area contributed by atoms with E-state index in [2.05, 4.69) is 28.1 Å². The van der Waals surface area contributed by atoms with Crippen LogP contribution in [0.15, 0.2) is 66.2 Å². The van der Waals surface area contributed by atoms with Gasteiger partial charge in [-0.25, -0.2) is 4.98 Å². The number of hydrogen-bond acceptors (Lipinski definition) is 3. The number of halogens is 1. The van der Waals surface area contributed by atoms with E-state index in [0.717, 1.165) is 35.4 Å². The third kappa shape index (κ3) is 4.58. The molecule has 1 unspecified atom stereocenters. The second-order valence-electron chi connectivity index (χ2n) is 7.27. The molecule has 3 aromatic heterocycles. The Kier molecular flexibility index (Phi) is 6.50. The first-order chi connectivity index (χ1) is 14.7. The van der Waals surface area contributed by atoms with E-state index < -0.39 is 0 Å². The maximum Gasteiger partial charge on any atom is 0.220 e. The van der Waals surface area contributed by atoms with Gasteiger partial charge in [-0.05, 0) is 48.6 Å². The van der Waals surface area contributed by atoms with Crippen LogP contribution in [0.1, 0.15) is 42.8 Å². The molecule has 0 aliphatic carbocycles. The number of nitrogens with one attached hydrogen (secondary N) is 1. The summed E-state index contributed by atoms with van der Waals surface area (Å²) in [6.07, 6.45) is 4.99. The van der Waals surface area contributed by atoms with Gasteiger partial charge in [-0.3, -0.25) is 4.79 Å². The molecule has 4 aromatic rings. The smallest absolute Gasteiger partial charge is 0.220 e. The first-order valence-corrected chi connectivity index (χ1v) is 11.5. The fourth-order valence-corrected chi connectivity index (χ4v) is 4.63. The number of aryl methyl sites for hydroxylation is 1. The predicted molar refractivity (Wildman–Crippen MR) is 124 cm³/mol. The van der Waals surface area contributed by atoms with Gasteiger partial charge >= 0.3 is 0 Å². The van der Waals surface area contributed by atoms with Gasteiger partial charge in [-0.2, -0.15) is 0 Å². The van der Waals surface area contributed by atoms with E-state index in [1.807, 2.05) is 54.7 Å². The Bertz CT molecular complexity index is 1120. The number of nitrogens with zero attached hydrogens (tertiary/aromatic N) is 2. The van der Waals surface area contributed by atoms with Crippen LogP contribution in [0.25, 0.3) is 16.9 Å². The molecule has 154 valence electrons. The summed E-state index contributed by atoms with van der Waals surface area (Å²) in [7, 11) is 0. The van der Waals surface area contributed by atoms with Crippen LogP contribution in [0.2, 0.25) is 5.02 Å². The van der Waals surface area contributed by atoms with Crippen molar-refractivity contribution in [2.45, 2.75) is 38.6 Å². The number of hydrogen-bond donors (Lipinski definition) is 1. The molecule has 3 heterocycles. The first kappa shape index (κ1) is 20.6. The molecule has 4 nitrogen and oxygen atoms in total. The largest absolute Gasteiger partial charge is 0.348 e. The van der Waals surface area contributed by atoms with E-state index >= 15 is 0 Å². The Morgan fingerprint density at radius 3 is 2.73 bits per heavy atom. The highest BCUT2D eigenvalue weighted by atomic mass is 35.5. The lowest BCUT2D eigenvalue weighted by atomic mass is 10.1.